The third-order valence-corrected chi connectivity index (χ3v) is 3.50. The summed E-state index contributed by atoms with van der Waals surface area (Å²) in [5.74, 6) is 1.05. The number of nitrogens with zero attached hydrogens (tertiary/aromatic N) is 4. The standard InChI is InChI=1S/C15H19N5/c1-4-20-14-8-6-5-7-12(14)17-15(20)9-16-13-10-19(3)18-11(13)2/h5-8,10,16H,4,9H2,1-3H3. The highest BCUT2D eigenvalue weighted by Crippen LogP contribution is 2.18. The largest absolute Gasteiger partial charge is 0.375 e. The van der Waals surface area contributed by atoms with Gasteiger partial charge in [0.2, 0.25) is 0 Å². The van der Waals surface area contributed by atoms with Crippen LogP contribution in [-0.2, 0) is 20.1 Å². The summed E-state index contributed by atoms with van der Waals surface area (Å²) >= 11 is 0. The van der Waals surface area contributed by atoms with Crippen molar-refractivity contribution in [1.82, 2.24) is 19.3 Å². The van der Waals surface area contributed by atoms with Gasteiger partial charge in [-0.25, -0.2) is 4.98 Å². The van der Waals surface area contributed by atoms with E-state index in [0.29, 0.717) is 6.54 Å². The fourth-order valence-electron chi connectivity index (χ4n) is 2.56. The normalized spacial score (nSPS) is 11.2. The Morgan fingerprint density at radius 1 is 1.25 bits per heavy atom. The van der Waals surface area contributed by atoms with Crippen LogP contribution in [0.15, 0.2) is 30.5 Å². The van der Waals surface area contributed by atoms with Crippen molar-refractivity contribution in [3.05, 3.63) is 42.0 Å². The summed E-state index contributed by atoms with van der Waals surface area (Å²) in [6.07, 6.45) is 1.99. The number of hydrogen-bond acceptors (Lipinski definition) is 3. The third kappa shape index (κ3) is 2.15. The summed E-state index contributed by atoms with van der Waals surface area (Å²) in [5.41, 5.74) is 4.30. The lowest BCUT2D eigenvalue weighted by molar-refractivity contribution is 0.728. The highest BCUT2D eigenvalue weighted by atomic mass is 15.3. The van der Waals surface area contributed by atoms with E-state index in [0.717, 1.165) is 29.3 Å². The van der Waals surface area contributed by atoms with E-state index in [9.17, 15) is 0 Å². The minimum absolute atomic E-state index is 0.703. The predicted octanol–water partition coefficient (Wildman–Crippen LogP) is 2.71. The first-order valence-corrected chi connectivity index (χ1v) is 6.87. The van der Waals surface area contributed by atoms with E-state index in [1.165, 1.54) is 5.52 Å². The van der Waals surface area contributed by atoms with Crippen LogP contribution < -0.4 is 5.32 Å². The Labute approximate surface area is 118 Å². The molecule has 0 aliphatic rings. The Morgan fingerprint density at radius 2 is 2.05 bits per heavy atom. The fourth-order valence-corrected chi connectivity index (χ4v) is 2.56. The Balaban J connectivity index is 1.89. The van der Waals surface area contributed by atoms with Gasteiger partial charge in [0, 0.05) is 19.8 Å². The van der Waals surface area contributed by atoms with Gasteiger partial charge in [-0.05, 0) is 26.0 Å². The highest BCUT2D eigenvalue weighted by Gasteiger charge is 2.09. The number of hydrogen-bond donors (Lipinski definition) is 1. The molecule has 0 saturated carbocycles. The lowest BCUT2D eigenvalue weighted by Gasteiger charge is -2.07. The first-order chi connectivity index (χ1) is 9.69. The van der Waals surface area contributed by atoms with Crippen LogP contribution in [0.25, 0.3) is 11.0 Å². The van der Waals surface area contributed by atoms with Gasteiger partial charge in [0.1, 0.15) is 5.82 Å². The van der Waals surface area contributed by atoms with Crippen molar-refractivity contribution < 1.29 is 0 Å². The summed E-state index contributed by atoms with van der Waals surface area (Å²) < 4.78 is 4.06. The van der Waals surface area contributed by atoms with Gasteiger partial charge in [-0.1, -0.05) is 12.1 Å². The van der Waals surface area contributed by atoms with E-state index in [2.05, 4.69) is 40.1 Å². The number of benzene rings is 1. The summed E-state index contributed by atoms with van der Waals surface area (Å²) in [6.45, 7) is 5.77. The van der Waals surface area contributed by atoms with Gasteiger partial charge < -0.3 is 9.88 Å². The molecular formula is C15H19N5. The van der Waals surface area contributed by atoms with Gasteiger partial charge in [-0.2, -0.15) is 5.10 Å². The number of para-hydroxylation sites is 2. The molecule has 1 N–H and O–H groups in total. The zero-order valence-electron chi connectivity index (χ0n) is 12.1. The number of aryl methyl sites for hydroxylation is 3. The SMILES string of the molecule is CCn1c(CNc2cn(C)nc2C)nc2ccccc21. The van der Waals surface area contributed by atoms with Crippen molar-refractivity contribution in [2.75, 3.05) is 5.32 Å². The first kappa shape index (κ1) is 12.7. The zero-order chi connectivity index (χ0) is 14.1. The molecule has 0 atom stereocenters. The van der Waals surface area contributed by atoms with E-state index >= 15 is 0 Å². The summed E-state index contributed by atoms with van der Waals surface area (Å²) in [6, 6.07) is 8.25. The number of nitrogens with one attached hydrogen (secondary N) is 1. The van der Waals surface area contributed by atoms with Gasteiger partial charge in [0.05, 0.1) is 29.0 Å². The van der Waals surface area contributed by atoms with E-state index in [4.69, 9.17) is 4.98 Å². The fraction of sp³-hybridized carbons (Fsp3) is 0.333. The molecule has 0 fully saturated rings. The summed E-state index contributed by atoms with van der Waals surface area (Å²) in [4.78, 5) is 4.71. The van der Waals surface area contributed by atoms with Crippen molar-refractivity contribution in [1.29, 1.82) is 0 Å². The second-order valence-electron chi connectivity index (χ2n) is 4.92. The van der Waals surface area contributed by atoms with E-state index in [-0.39, 0.29) is 0 Å². The number of imidazole rings is 1. The molecule has 0 spiro atoms. The van der Waals surface area contributed by atoms with Crippen molar-refractivity contribution >= 4 is 16.7 Å². The molecule has 5 heteroatoms. The van der Waals surface area contributed by atoms with Crippen molar-refractivity contribution in [3.63, 3.8) is 0 Å². The van der Waals surface area contributed by atoms with Crippen molar-refractivity contribution in [2.24, 2.45) is 7.05 Å². The lowest BCUT2D eigenvalue weighted by Crippen LogP contribution is -2.08. The van der Waals surface area contributed by atoms with Gasteiger partial charge in [-0.15, -0.1) is 0 Å². The maximum absolute atomic E-state index is 4.71. The smallest absolute Gasteiger partial charge is 0.129 e. The molecule has 0 bridgehead atoms. The van der Waals surface area contributed by atoms with Crippen LogP contribution in [0.3, 0.4) is 0 Å². The quantitative estimate of drug-likeness (QED) is 0.792. The molecule has 0 aliphatic heterocycles. The average molecular weight is 269 g/mol. The van der Waals surface area contributed by atoms with Crippen LogP contribution in [0.5, 0.6) is 0 Å². The summed E-state index contributed by atoms with van der Waals surface area (Å²) in [7, 11) is 1.93. The molecule has 0 aliphatic carbocycles. The van der Waals surface area contributed by atoms with Crippen LogP contribution in [0.1, 0.15) is 18.4 Å². The van der Waals surface area contributed by atoms with Crippen molar-refractivity contribution in [2.45, 2.75) is 26.9 Å². The average Bonchev–Trinajstić information content (AvgIpc) is 2.95. The Morgan fingerprint density at radius 3 is 2.75 bits per heavy atom. The highest BCUT2D eigenvalue weighted by molar-refractivity contribution is 5.76. The van der Waals surface area contributed by atoms with E-state index in [1.54, 1.807) is 0 Å². The maximum atomic E-state index is 4.71. The monoisotopic (exact) mass is 269 g/mol. The molecule has 5 nitrogen and oxygen atoms in total. The molecule has 3 aromatic rings. The van der Waals surface area contributed by atoms with Gasteiger partial charge >= 0.3 is 0 Å². The van der Waals surface area contributed by atoms with Gasteiger partial charge in [0.15, 0.2) is 0 Å². The minimum atomic E-state index is 0.703. The minimum Gasteiger partial charge on any atom is -0.375 e. The second-order valence-corrected chi connectivity index (χ2v) is 4.92. The molecule has 3 rings (SSSR count). The van der Waals surface area contributed by atoms with Gasteiger partial charge in [-0.3, -0.25) is 4.68 Å². The third-order valence-electron chi connectivity index (χ3n) is 3.50. The van der Waals surface area contributed by atoms with E-state index in [1.807, 2.05) is 30.9 Å². The van der Waals surface area contributed by atoms with Crippen LogP contribution in [0.4, 0.5) is 5.69 Å². The molecular weight excluding hydrogens is 250 g/mol. The first-order valence-electron chi connectivity index (χ1n) is 6.87. The number of fused-ring (bicyclic) bond motifs is 1. The topological polar surface area (TPSA) is 47.7 Å². The Kier molecular flexibility index (Phi) is 3.18. The molecule has 0 saturated heterocycles. The molecule has 2 aromatic heterocycles. The second kappa shape index (κ2) is 5.00. The van der Waals surface area contributed by atoms with Crippen LogP contribution in [0.2, 0.25) is 0 Å². The molecule has 20 heavy (non-hydrogen) atoms. The molecule has 2 heterocycles. The van der Waals surface area contributed by atoms with Crippen molar-refractivity contribution in [3.8, 4) is 0 Å². The number of rotatable bonds is 4. The predicted molar refractivity (Wildman–Crippen MR) is 80.7 cm³/mol. The van der Waals surface area contributed by atoms with Gasteiger partial charge in [0.25, 0.3) is 0 Å². The molecule has 0 unspecified atom stereocenters. The lowest BCUT2D eigenvalue weighted by atomic mass is 10.3. The molecule has 1 aromatic carbocycles. The number of aromatic nitrogens is 4. The zero-order valence-corrected chi connectivity index (χ0v) is 12.1. The van der Waals surface area contributed by atoms with Crippen LogP contribution in [0, 0.1) is 6.92 Å². The molecule has 0 radical (unpaired) electrons. The molecule has 104 valence electrons. The number of anilines is 1. The van der Waals surface area contributed by atoms with Crippen LogP contribution in [-0.4, -0.2) is 19.3 Å². The Bertz CT molecular complexity index is 738. The summed E-state index contributed by atoms with van der Waals surface area (Å²) in [5, 5.41) is 7.75. The molecule has 0 amide bonds. The van der Waals surface area contributed by atoms with Crippen LogP contribution >= 0.6 is 0 Å². The van der Waals surface area contributed by atoms with E-state index < -0.39 is 0 Å². The Hall–Kier alpha value is -2.30. The maximum Gasteiger partial charge on any atom is 0.129 e.